The molecule has 136 valence electrons. The molecule has 2 N–H and O–H groups in total. The molecule has 1 fully saturated rings. The van der Waals surface area contributed by atoms with Gasteiger partial charge in [0.15, 0.2) is 0 Å². The Bertz CT molecular complexity index is 673. The smallest absolute Gasteiger partial charge is 0.242 e. The zero-order chi connectivity index (χ0) is 17.0. The maximum Gasteiger partial charge on any atom is 0.242 e. The van der Waals surface area contributed by atoms with Crippen LogP contribution in [-0.4, -0.2) is 58.5 Å². The summed E-state index contributed by atoms with van der Waals surface area (Å²) in [6, 6.07) is 4.87. The third-order valence-corrected chi connectivity index (χ3v) is 5.61. The topological polar surface area (TPSA) is 87.7 Å². The molecule has 1 unspecified atom stereocenters. The van der Waals surface area contributed by atoms with Crippen molar-refractivity contribution in [2.45, 2.75) is 24.3 Å². The van der Waals surface area contributed by atoms with E-state index in [1.165, 1.54) is 20.2 Å². The average Bonchev–Trinajstić information content (AvgIpc) is 2.49. The highest BCUT2D eigenvalue weighted by Crippen LogP contribution is 2.22. The van der Waals surface area contributed by atoms with E-state index in [2.05, 4.69) is 10.6 Å². The van der Waals surface area contributed by atoms with Gasteiger partial charge in [-0.2, -0.15) is 0 Å². The lowest BCUT2D eigenvalue weighted by atomic mass is 10.2. The standard InChI is InChI=1S/C15H23N3O4S.ClH/c1-11-4-5-12(8-14(11)23(20,21)18(2)3)17-15(19)9-13-10-16-6-7-22-13;/h4-5,8,13,16H,6-7,9-10H2,1-3H3,(H,17,19);1H. The fourth-order valence-electron chi connectivity index (χ4n) is 2.32. The van der Waals surface area contributed by atoms with Crippen LogP contribution in [0.1, 0.15) is 12.0 Å². The van der Waals surface area contributed by atoms with Gasteiger partial charge in [0.2, 0.25) is 15.9 Å². The first-order valence-electron chi connectivity index (χ1n) is 7.46. The first-order chi connectivity index (χ1) is 10.8. The number of anilines is 1. The van der Waals surface area contributed by atoms with E-state index in [4.69, 9.17) is 4.74 Å². The Morgan fingerprint density at radius 1 is 1.42 bits per heavy atom. The van der Waals surface area contributed by atoms with Crippen LogP contribution in [-0.2, 0) is 19.6 Å². The first kappa shape index (κ1) is 20.9. The average molecular weight is 378 g/mol. The Labute approximate surface area is 149 Å². The molecule has 1 aromatic carbocycles. The van der Waals surface area contributed by atoms with Gasteiger partial charge in [-0.05, 0) is 24.6 Å². The fraction of sp³-hybridized carbons (Fsp3) is 0.533. The predicted octanol–water partition coefficient (Wildman–Crippen LogP) is 0.984. The molecule has 0 aromatic heterocycles. The molecule has 0 aliphatic carbocycles. The van der Waals surface area contributed by atoms with Crippen molar-refractivity contribution in [1.29, 1.82) is 0 Å². The summed E-state index contributed by atoms with van der Waals surface area (Å²) in [6.07, 6.45) is 0.0792. The summed E-state index contributed by atoms with van der Waals surface area (Å²) in [5, 5.41) is 5.90. The zero-order valence-electron chi connectivity index (χ0n) is 14.0. The van der Waals surface area contributed by atoms with E-state index in [0.717, 1.165) is 10.8 Å². The van der Waals surface area contributed by atoms with Crippen LogP contribution in [0.25, 0.3) is 0 Å². The molecule has 1 amide bonds. The summed E-state index contributed by atoms with van der Waals surface area (Å²) in [7, 11) is -0.587. The van der Waals surface area contributed by atoms with Crippen molar-refractivity contribution < 1.29 is 17.9 Å². The second-order valence-corrected chi connectivity index (χ2v) is 7.84. The van der Waals surface area contributed by atoms with Crippen LogP contribution in [0.3, 0.4) is 0 Å². The lowest BCUT2D eigenvalue weighted by Crippen LogP contribution is -2.40. The summed E-state index contributed by atoms with van der Waals surface area (Å²) >= 11 is 0. The minimum atomic E-state index is -3.55. The van der Waals surface area contributed by atoms with Crippen LogP contribution in [0.4, 0.5) is 5.69 Å². The second kappa shape index (κ2) is 8.77. The molecule has 1 aliphatic heterocycles. The fourth-order valence-corrected chi connectivity index (χ4v) is 3.47. The van der Waals surface area contributed by atoms with E-state index in [0.29, 0.717) is 24.4 Å². The van der Waals surface area contributed by atoms with Gasteiger partial charge in [-0.25, -0.2) is 12.7 Å². The molecule has 0 saturated carbocycles. The van der Waals surface area contributed by atoms with Crippen LogP contribution in [0.5, 0.6) is 0 Å². The van der Waals surface area contributed by atoms with Gasteiger partial charge in [0.1, 0.15) is 0 Å². The van der Waals surface area contributed by atoms with Crippen LogP contribution >= 0.6 is 12.4 Å². The van der Waals surface area contributed by atoms with Crippen LogP contribution in [0.2, 0.25) is 0 Å². The Morgan fingerprint density at radius 2 is 2.12 bits per heavy atom. The molecule has 24 heavy (non-hydrogen) atoms. The zero-order valence-corrected chi connectivity index (χ0v) is 15.7. The van der Waals surface area contributed by atoms with E-state index >= 15 is 0 Å². The van der Waals surface area contributed by atoms with Crippen LogP contribution in [0.15, 0.2) is 23.1 Å². The number of rotatable bonds is 5. The monoisotopic (exact) mass is 377 g/mol. The number of carbonyl (C=O) groups is 1. The minimum absolute atomic E-state index is 0. The number of sulfonamides is 1. The summed E-state index contributed by atoms with van der Waals surface area (Å²) in [4.78, 5) is 12.3. The van der Waals surface area contributed by atoms with Gasteiger partial charge >= 0.3 is 0 Å². The highest BCUT2D eigenvalue weighted by molar-refractivity contribution is 7.89. The molecule has 1 aliphatic rings. The molecule has 0 spiro atoms. The second-order valence-electron chi connectivity index (χ2n) is 5.72. The predicted molar refractivity (Wildman–Crippen MR) is 95.2 cm³/mol. The van der Waals surface area contributed by atoms with E-state index < -0.39 is 10.0 Å². The Balaban J connectivity index is 0.00000288. The largest absolute Gasteiger partial charge is 0.375 e. The van der Waals surface area contributed by atoms with Crippen LogP contribution < -0.4 is 10.6 Å². The number of hydrogen-bond donors (Lipinski definition) is 2. The number of ether oxygens (including phenoxy) is 1. The Hall–Kier alpha value is -1.19. The van der Waals surface area contributed by atoms with Gasteiger partial charge in [-0.3, -0.25) is 4.79 Å². The van der Waals surface area contributed by atoms with Crippen molar-refractivity contribution in [2.24, 2.45) is 0 Å². The van der Waals surface area contributed by atoms with E-state index in [1.807, 2.05) is 0 Å². The SMILES string of the molecule is Cc1ccc(NC(=O)CC2CNCCO2)cc1S(=O)(=O)N(C)C.Cl. The van der Waals surface area contributed by atoms with Gasteiger partial charge in [0.25, 0.3) is 0 Å². The summed E-state index contributed by atoms with van der Waals surface area (Å²) < 4.78 is 31.2. The van der Waals surface area contributed by atoms with E-state index in [1.54, 1.807) is 19.1 Å². The third kappa shape index (κ3) is 5.15. The Kier molecular flexibility index (Phi) is 7.62. The van der Waals surface area contributed by atoms with Crippen molar-refractivity contribution in [2.75, 3.05) is 39.1 Å². The quantitative estimate of drug-likeness (QED) is 0.798. The van der Waals surface area contributed by atoms with Gasteiger partial charge in [0.05, 0.1) is 24.0 Å². The number of aryl methyl sites for hydroxylation is 1. The van der Waals surface area contributed by atoms with Crippen molar-refractivity contribution >= 4 is 34.0 Å². The molecule has 7 nitrogen and oxygen atoms in total. The van der Waals surface area contributed by atoms with E-state index in [-0.39, 0.29) is 35.7 Å². The van der Waals surface area contributed by atoms with Crippen molar-refractivity contribution in [1.82, 2.24) is 9.62 Å². The van der Waals surface area contributed by atoms with Gasteiger partial charge in [-0.15, -0.1) is 12.4 Å². The molecule has 1 atom stereocenters. The number of halogens is 1. The molecule has 2 rings (SSSR count). The summed E-state index contributed by atoms with van der Waals surface area (Å²) in [6.45, 7) is 3.75. The summed E-state index contributed by atoms with van der Waals surface area (Å²) in [5.41, 5.74) is 1.10. The highest BCUT2D eigenvalue weighted by Gasteiger charge is 2.21. The van der Waals surface area contributed by atoms with Gasteiger partial charge in [0, 0.05) is 32.9 Å². The number of nitrogens with one attached hydrogen (secondary N) is 2. The number of benzene rings is 1. The van der Waals surface area contributed by atoms with Gasteiger partial charge < -0.3 is 15.4 Å². The molecule has 1 saturated heterocycles. The Morgan fingerprint density at radius 3 is 2.71 bits per heavy atom. The van der Waals surface area contributed by atoms with E-state index in [9.17, 15) is 13.2 Å². The van der Waals surface area contributed by atoms with Crippen molar-refractivity contribution in [3.63, 3.8) is 0 Å². The number of nitrogens with zero attached hydrogens (tertiary/aromatic N) is 1. The molecule has 9 heteroatoms. The first-order valence-corrected chi connectivity index (χ1v) is 8.90. The molecular weight excluding hydrogens is 354 g/mol. The lowest BCUT2D eigenvalue weighted by Gasteiger charge is -2.23. The van der Waals surface area contributed by atoms with Gasteiger partial charge in [-0.1, -0.05) is 6.07 Å². The maximum atomic E-state index is 12.3. The molecule has 1 heterocycles. The number of carbonyl (C=O) groups excluding carboxylic acids is 1. The van der Waals surface area contributed by atoms with Crippen molar-refractivity contribution in [3.8, 4) is 0 Å². The molecule has 0 bridgehead atoms. The third-order valence-electron chi connectivity index (χ3n) is 3.65. The number of morpholine rings is 1. The van der Waals surface area contributed by atoms with Crippen molar-refractivity contribution in [3.05, 3.63) is 23.8 Å². The molecule has 0 radical (unpaired) electrons. The summed E-state index contributed by atoms with van der Waals surface area (Å²) in [5.74, 6) is -0.198. The highest BCUT2D eigenvalue weighted by atomic mass is 35.5. The minimum Gasteiger partial charge on any atom is -0.375 e. The van der Waals surface area contributed by atoms with Crippen LogP contribution in [0, 0.1) is 6.92 Å². The number of amides is 1. The maximum absolute atomic E-state index is 12.3. The molecule has 1 aromatic rings. The lowest BCUT2D eigenvalue weighted by molar-refractivity contribution is -0.119. The normalized spacial score (nSPS) is 18.1. The number of hydrogen-bond acceptors (Lipinski definition) is 5. The molecular formula is C15H24ClN3O4S.